The molecule has 3 aliphatic heterocycles. The van der Waals surface area contributed by atoms with Gasteiger partial charge in [0, 0.05) is 30.9 Å². The van der Waals surface area contributed by atoms with Gasteiger partial charge in [-0.1, -0.05) is 71.8 Å². The number of ether oxygens (including phenoxy) is 2. The van der Waals surface area contributed by atoms with Crippen LogP contribution in [0, 0.1) is 11.8 Å². The molecule has 2 bridgehead atoms. The van der Waals surface area contributed by atoms with Crippen molar-refractivity contribution in [3.63, 3.8) is 0 Å². The van der Waals surface area contributed by atoms with Gasteiger partial charge in [-0.05, 0) is 24.8 Å². The van der Waals surface area contributed by atoms with Crippen LogP contribution in [0.4, 0.5) is 0 Å². The van der Waals surface area contributed by atoms with Crippen molar-refractivity contribution in [3.8, 4) is 0 Å². The SMILES string of the molecule is C=CCCC(=O)OC[C@@H](NC(=O)[C@H]1[C@@H]2O[C@@]3(CC2Br)[C@@H]1C(=O)N(CCO)[C@@H]3C(=O)N(CC=C)CCCC)c1ccccc1. The topological polar surface area (TPSA) is 125 Å². The van der Waals surface area contributed by atoms with E-state index in [9.17, 15) is 24.3 Å². The highest BCUT2D eigenvalue weighted by Crippen LogP contribution is 2.60. The maximum absolute atomic E-state index is 14.1. The summed E-state index contributed by atoms with van der Waals surface area (Å²) in [5.41, 5.74) is -0.486. The van der Waals surface area contributed by atoms with Crippen molar-refractivity contribution in [2.45, 2.75) is 67.6 Å². The van der Waals surface area contributed by atoms with Gasteiger partial charge in [0.05, 0.1) is 30.6 Å². The first-order valence-electron chi connectivity index (χ1n) is 15.0. The highest BCUT2D eigenvalue weighted by atomic mass is 79.9. The van der Waals surface area contributed by atoms with E-state index in [0.717, 1.165) is 18.4 Å². The zero-order chi connectivity index (χ0) is 31.1. The number of hydrogen-bond acceptors (Lipinski definition) is 7. The predicted molar refractivity (Wildman–Crippen MR) is 164 cm³/mol. The Labute approximate surface area is 261 Å². The van der Waals surface area contributed by atoms with Gasteiger partial charge in [0.25, 0.3) is 0 Å². The fourth-order valence-electron chi connectivity index (χ4n) is 6.67. The lowest BCUT2D eigenvalue weighted by molar-refractivity contribution is -0.148. The summed E-state index contributed by atoms with van der Waals surface area (Å²) in [6, 6.07) is 7.53. The molecule has 4 rings (SSSR count). The van der Waals surface area contributed by atoms with Gasteiger partial charge < -0.3 is 29.7 Å². The van der Waals surface area contributed by atoms with Crippen molar-refractivity contribution in [3.05, 3.63) is 61.2 Å². The molecule has 1 aromatic rings. The number of halogens is 1. The Hall–Kier alpha value is -3.02. The van der Waals surface area contributed by atoms with Crippen LogP contribution in [-0.2, 0) is 28.7 Å². The second-order valence-electron chi connectivity index (χ2n) is 11.3. The number of carbonyl (C=O) groups excluding carboxylic acids is 4. The van der Waals surface area contributed by atoms with Crippen molar-refractivity contribution in [1.82, 2.24) is 15.1 Å². The van der Waals surface area contributed by atoms with Gasteiger partial charge >= 0.3 is 5.97 Å². The van der Waals surface area contributed by atoms with E-state index in [1.807, 2.05) is 37.3 Å². The van der Waals surface area contributed by atoms with Gasteiger partial charge in [-0.15, -0.1) is 13.2 Å². The molecule has 10 nitrogen and oxygen atoms in total. The van der Waals surface area contributed by atoms with Gasteiger partial charge in [0.1, 0.15) is 18.2 Å². The number of fused-ring (bicyclic) bond motifs is 1. The number of carbonyl (C=O) groups is 4. The zero-order valence-electron chi connectivity index (χ0n) is 24.7. The monoisotopic (exact) mass is 659 g/mol. The number of nitrogens with one attached hydrogen (secondary N) is 1. The summed E-state index contributed by atoms with van der Waals surface area (Å²) < 4.78 is 12.0. The van der Waals surface area contributed by atoms with E-state index >= 15 is 0 Å². The second-order valence-corrected chi connectivity index (χ2v) is 12.5. The Bertz CT molecular complexity index is 1200. The van der Waals surface area contributed by atoms with E-state index in [4.69, 9.17) is 9.47 Å². The molecule has 1 unspecified atom stereocenters. The molecule has 43 heavy (non-hydrogen) atoms. The highest BCUT2D eigenvalue weighted by Gasteiger charge is 2.76. The molecule has 1 spiro atoms. The Morgan fingerprint density at radius 1 is 1.28 bits per heavy atom. The first-order valence-corrected chi connectivity index (χ1v) is 15.9. The molecule has 2 N–H and O–H groups in total. The van der Waals surface area contributed by atoms with Crippen LogP contribution in [-0.4, -0.2) is 94.0 Å². The van der Waals surface area contributed by atoms with Gasteiger partial charge in [-0.2, -0.15) is 0 Å². The van der Waals surface area contributed by atoms with Crippen LogP contribution < -0.4 is 5.32 Å². The first-order chi connectivity index (χ1) is 20.7. The van der Waals surface area contributed by atoms with Crippen molar-refractivity contribution >= 4 is 39.6 Å². The van der Waals surface area contributed by atoms with E-state index in [-0.39, 0.29) is 42.8 Å². The lowest BCUT2D eigenvalue weighted by Gasteiger charge is -2.37. The third-order valence-corrected chi connectivity index (χ3v) is 9.44. The summed E-state index contributed by atoms with van der Waals surface area (Å²) in [7, 11) is 0. The molecule has 0 radical (unpaired) electrons. The largest absolute Gasteiger partial charge is 0.463 e. The Balaban J connectivity index is 1.63. The summed E-state index contributed by atoms with van der Waals surface area (Å²) in [5, 5.41) is 12.9. The molecule has 11 heteroatoms. The van der Waals surface area contributed by atoms with Crippen LogP contribution in [0.5, 0.6) is 0 Å². The number of alkyl halides is 1. The predicted octanol–water partition coefficient (Wildman–Crippen LogP) is 2.91. The molecule has 0 aliphatic carbocycles. The lowest BCUT2D eigenvalue weighted by atomic mass is 9.70. The quantitative estimate of drug-likeness (QED) is 0.159. The molecule has 3 fully saturated rings. The number of rotatable bonds is 16. The minimum absolute atomic E-state index is 0.0498. The standard InChI is InChI=1S/C32H42BrN3O7/c1-4-7-14-24(38)42-20-23(21-12-10-9-11-13-21)34-29(39)25-26-30(40)36(17-18-37)28(32(26)19-22(33)27(25)43-32)31(41)35(15-6-3)16-8-5-2/h4,6,9-13,22-23,25-28,37H,1,3,5,7-8,14-20H2,2H3,(H,34,39)/t22?,23-,25-,26+,27-,28-,32+/m1/s1. The average Bonchev–Trinajstić information content (AvgIpc) is 3.59. The number of hydrogen-bond donors (Lipinski definition) is 2. The van der Waals surface area contributed by atoms with Crippen molar-refractivity contribution in [2.75, 3.05) is 32.8 Å². The fraction of sp³-hybridized carbons (Fsp3) is 0.562. The average molecular weight is 661 g/mol. The summed E-state index contributed by atoms with van der Waals surface area (Å²) >= 11 is 3.68. The number of aliphatic hydroxyl groups is 1. The number of nitrogens with zero attached hydrogens (tertiary/aromatic N) is 2. The number of esters is 1. The molecule has 234 valence electrons. The summed E-state index contributed by atoms with van der Waals surface area (Å²) in [6.45, 7) is 9.80. The van der Waals surface area contributed by atoms with Crippen molar-refractivity contribution in [2.24, 2.45) is 11.8 Å². The van der Waals surface area contributed by atoms with E-state index in [1.165, 1.54) is 4.90 Å². The van der Waals surface area contributed by atoms with Crippen molar-refractivity contribution < 1.29 is 33.8 Å². The molecule has 1 aromatic carbocycles. The zero-order valence-corrected chi connectivity index (χ0v) is 26.2. The number of allylic oxidation sites excluding steroid dienone is 1. The van der Waals surface area contributed by atoms with Gasteiger partial charge in [-0.3, -0.25) is 19.2 Å². The number of aliphatic hydroxyl groups excluding tert-OH is 1. The number of amides is 3. The van der Waals surface area contributed by atoms with Crippen LogP contribution in [0.15, 0.2) is 55.6 Å². The Morgan fingerprint density at radius 2 is 2.02 bits per heavy atom. The highest BCUT2D eigenvalue weighted by molar-refractivity contribution is 9.09. The molecule has 3 saturated heterocycles. The molecule has 3 aliphatic rings. The molecule has 7 atom stereocenters. The van der Waals surface area contributed by atoms with E-state index < -0.39 is 47.5 Å². The summed E-state index contributed by atoms with van der Waals surface area (Å²) in [4.78, 5) is 57.3. The van der Waals surface area contributed by atoms with E-state index in [2.05, 4.69) is 34.4 Å². The minimum atomic E-state index is -1.23. The van der Waals surface area contributed by atoms with Crippen LogP contribution in [0.25, 0.3) is 0 Å². The van der Waals surface area contributed by atoms with Gasteiger partial charge in [-0.25, -0.2) is 0 Å². The maximum Gasteiger partial charge on any atom is 0.306 e. The van der Waals surface area contributed by atoms with Crippen molar-refractivity contribution in [1.29, 1.82) is 0 Å². The molecular formula is C32H42BrN3O7. The van der Waals surface area contributed by atoms with Crippen LogP contribution >= 0.6 is 15.9 Å². The normalized spacial score (nSPS) is 27.8. The molecular weight excluding hydrogens is 618 g/mol. The second kappa shape index (κ2) is 14.6. The van der Waals surface area contributed by atoms with Crippen LogP contribution in [0.2, 0.25) is 0 Å². The minimum Gasteiger partial charge on any atom is -0.463 e. The molecule has 3 amide bonds. The third kappa shape index (κ3) is 6.58. The van der Waals surface area contributed by atoms with Crippen LogP contribution in [0.1, 0.15) is 50.6 Å². The van der Waals surface area contributed by atoms with Gasteiger partial charge in [0.2, 0.25) is 17.7 Å². The Kier molecular flexibility index (Phi) is 11.2. The summed E-state index contributed by atoms with van der Waals surface area (Å²) in [6.07, 6.45) is 5.34. The smallest absolute Gasteiger partial charge is 0.306 e. The number of likely N-dealkylation sites (tertiary alicyclic amines) is 1. The van der Waals surface area contributed by atoms with E-state index in [0.29, 0.717) is 25.9 Å². The lowest BCUT2D eigenvalue weighted by Crippen LogP contribution is -2.57. The Morgan fingerprint density at radius 3 is 2.67 bits per heavy atom. The summed E-state index contributed by atoms with van der Waals surface area (Å²) in [5.74, 6) is -3.28. The fourth-order valence-corrected chi connectivity index (χ4v) is 7.61. The number of β-amino-alcohol motifs (C(OH)–C–C–N with tert-alkyl or cyclic N) is 1. The third-order valence-electron chi connectivity index (χ3n) is 8.59. The van der Waals surface area contributed by atoms with Crippen LogP contribution in [0.3, 0.4) is 0 Å². The number of benzene rings is 1. The molecule has 3 heterocycles. The number of unbranched alkanes of at least 4 members (excludes halogenated alkanes) is 1. The van der Waals surface area contributed by atoms with E-state index in [1.54, 1.807) is 17.1 Å². The molecule has 0 saturated carbocycles. The van der Waals surface area contributed by atoms with Gasteiger partial charge in [0.15, 0.2) is 0 Å². The first kappa shape index (κ1) is 32.9. The molecule has 0 aromatic heterocycles. The maximum atomic E-state index is 14.1.